The van der Waals surface area contributed by atoms with Gasteiger partial charge in [-0.1, -0.05) is 109 Å². The normalized spacial score (nSPS) is 11.6. The zero-order valence-corrected chi connectivity index (χ0v) is 22.6. The van der Waals surface area contributed by atoms with Gasteiger partial charge in [-0.2, -0.15) is 5.26 Å². The van der Waals surface area contributed by atoms with Gasteiger partial charge < -0.3 is 0 Å². The highest BCUT2D eigenvalue weighted by Gasteiger charge is 2.24. The highest BCUT2D eigenvalue weighted by Crippen LogP contribution is 2.37. The summed E-state index contributed by atoms with van der Waals surface area (Å²) in [6, 6.07) is 22.3. The molecule has 9 heteroatoms. The third-order valence-electron chi connectivity index (χ3n) is 5.35. The van der Waals surface area contributed by atoms with Crippen molar-refractivity contribution in [1.82, 2.24) is 15.2 Å². The Bertz CT molecular complexity index is 1380. The molecule has 1 atom stereocenters. The molecule has 182 valence electrons. The Hall–Kier alpha value is -3.19. The predicted octanol–water partition coefficient (Wildman–Crippen LogP) is 7.07. The fourth-order valence-electron chi connectivity index (χ4n) is 3.52. The van der Waals surface area contributed by atoms with Gasteiger partial charge in [0.25, 0.3) is 0 Å². The van der Waals surface area contributed by atoms with E-state index in [1.54, 1.807) is 11.8 Å². The molecule has 1 N–H and O–H groups in total. The number of amides is 1. The molecule has 0 spiro atoms. The van der Waals surface area contributed by atoms with Crippen LogP contribution in [0.4, 0.5) is 5.13 Å². The number of carbonyl (C=O) groups is 1. The number of hydrogen-bond acceptors (Lipinski definition) is 8. The van der Waals surface area contributed by atoms with Crippen LogP contribution in [-0.4, -0.2) is 32.1 Å². The van der Waals surface area contributed by atoms with E-state index in [2.05, 4.69) is 21.6 Å². The first-order valence-electron chi connectivity index (χ1n) is 11.5. The minimum atomic E-state index is -0.451. The number of nitrogens with zero attached hydrogens (tertiary/aromatic N) is 4. The van der Waals surface area contributed by atoms with E-state index < -0.39 is 5.25 Å². The predicted molar refractivity (Wildman–Crippen MR) is 149 cm³/mol. The summed E-state index contributed by atoms with van der Waals surface area (Å²) in [7, 11) is 0. The summed E-state index contributed by atoms with van der Waals surface area (Å²) >= 11 is 4.26. The molecule has 4 rings (SSSR count). The monoisotopic (exact) mass is 531 g/mol. The SMILES string of the molecule is CCSc1nnc(NC(=O)C(CC)Sc2nc(-c3ccccc3)cc(-c3ccc(C)cc3)c2C#N)s1. The highest BCUT2D eigenvalue weighted by atomic mass is 32.2. The van der Waals surface area contributed by atoms with Gasteiger partial charge in [-0.15, -0.1) is 10.2 Å². The molecule has 2 heterocycles. The number of aryl methyl sites for hydroxylation is 1. The average Bonchev–Trinajstić information content (AvgIpc) is 3.34. The number of anilines is 1. The van der Waals surface area contributed by atoms with Gasteiger partial charge in [0.1, 0.15) is 11.1 Å². The van der Waals surface area contributed by atoms with Crippen LogP contribution in [0.1, 0.15) is 31.4 Å². The lowest BCUT2D eigenvalue weighted by Gasteiger charge is -2.17. The van der Waals surface area contributed by atoms with Crippen molar-refractivity contribution in [2.24, 2.45) is 0 Å². The Labute approximate surface area is 223 Å². The van der Waals surface area contributed by atoms with E-state index in [4.69, 9.17) is 4.98 Å². The van der Waals surface area contributed by atoms with Crippen molar-refractivity contribution >= 4 is 45.9 Å². The van der Waals surface area contributed by atoms with Crippen LogP contribution in [0, 0.1) is 18.3 Å². The molecule has 0 fully saturated rings. The lowest BCUT2D eigenvalue weighted by Crippen LogP contribution is -2.24. The Balaban J connectivity index is 1.71. The summed E-state index contributed by atoms with van der Waals surface area (Å²) in [6.45, 7) is 6.02. The van der Waals surface area contributed by atoms with Gasteiger partial charge in [0.2, 0.25) is 11.0 Å². The molecule has 1 unspecified atom stereocenters. The van der Waals surface area contributed by atoms with E-state index in [0.29, 0.717) is 22.1 Å². The van der Waals surface area contributed by atoms with E-state index in [0.717, 1.165) is 38.0 Å². The van der Waals surface area contributed by atoms with Crippen molar-refractivity contribution in [3.63, 3.8) is 0 Å². The molecule has 36 heavy (non-hydrogen) atoms. The average molecular weight is 532 g/mol. The first-order valence-corrected chi connectivity index (χ1v) is 14.2. The molecule has 2 aromatic carbocycles. The fourth-order valence-corrected chi connectivity index (χ4v) is 6.20. The smallest absolute Gasteiger partial charge is 0.239 e. The minimum absolute atomic E-state index is 0.181. The molecule has 0 aliphatic carbocycles. The van der Waals surface area contributed by atoms with Crippen LogP contribution >= 0.6 is 34.9 Å². The second-order valence-corrected chi connectivity index (χ2v) is 11.6. The maximum Gasteiger partial charge on any atom is 0.239 e. The molecule has 0 aliphatic rings. The largest absolute Gasteiger partial charge is 0.300 e. The van der Waals surface area contributed by atoms with Gasteiger partial charge in [-0.25, -0.2) is 4.98 Å². The topological polar surface area (TPSA) is 91.6 Å². The molecule has 2 aromatic heterocycles. The third-order valence-corrected chi connectivity index (χ3v) is 8.56. The summed E-state index contributed by atoms with van der Waals surface area (Å²) in [5.41, 5.74) is 5.05. The maximum absolute atomic E-state index is 13.2. The van der Waals surface area contributed by atoms with Crippen LogP contribution in [0.5, 0.6) is 0 Å². The van der Waals surface area contributed by atoms with Crippen LogP contribution < -0.4 is 5.32 Å². The molecule has 0 saturated heterocycles. The van der Waals surface area contributed by atoms with Crippen molar-refractivity contribution in [1.29, 1.82) is 5.26 Å². The van der Waals surface area contributed by atoms with E-state index in [1.807, 2.05) is 81.4 Å². The quantitative estimate of drug-likeness (QED) is 0.182. The number of nitriles is 1. The van der Waals surface area contributed by atoms with Gasteiger partial charge in [-0.05, 0) is 30.7 Å². The van der Waals surface area contributed by atoms with Crippen molar-refractivity contribution in [2.45, 2.75) is 41.8 Å². The number of hydrogen-bond donors (Lipinski definition) is 1. The van der Waals surface area contributed by atoms with Crippen molar-refractivity contribution < 1.29 is 4.79 Å². The van der Waals surface area contributed by atoms with E-state index in [-0.39, 0.29) is 5.91 Å². The van der Waals surface area contributed by atoms with E-state index in [9.17, 15) is 10.1 Å². The molecule has 0 radical (unpaired) electrons. The Morgan fingerprint density at radius 3 is 2.50 bits per heavy atom. The van der Waals surface area contributed by atoms with E-state index >= 15 is 0 Å². The highest BCUT2D eigenvalue weighted by molar-refractivity contribution is 8.01. The number of carbonyl (C=O) groups excluding carboxylic acids is 1. The van der Waals surface area contributed by atoms with Crippen LogP contribution in [0.2, 0.25) is 0 Å². The Morgan fingerprint density at radius 2 is 1.83 bits per heavy atom. The summed E-state index contributed by atoms with van der Waals surface area (Å²) in [6.07, 6.45) is 0.563. The number of aromatic nitrogens is 3. The van der Waals surface area contributed by atoms with Gasteiger partial charge in [0.15, 0.2) is 4.34 Å². The summed E-state index contributed by atoms with van der Waals surface area (Å²) < 4.78 is 0.820. The first-order chi connectivity index (χ1) is 17.5. The standard InChI is InChI=1S/C27H25N5OS3/c1-4-23(24(33)30-26-31-32-27(36-26)34-5-2)35-25-21(16-28)20(18-13-11-17(3)12-14-18)15-22(29-25)19-9-7-6-8-10-19/h6-15,23H,4-5H2,1-3H3,(H,30,31,33). The number of pyridine rings is 1. The minimum Gasteiger partial charge on any atom is -0.300 e. The zero-order valence-electron chi connectivity index (χ0n) is 20.2. The molecule has 0 aliphatic heterocycles. The van der Waals surface area contributed by atoms with Crippen LogP contribution in [0.15, 0.2) is 70.0 Å². The van der Waals surface area contributed by atoms with Crippen molar-refractivity contribution in [3.05, 3.63) is 71.8 Å². The Morgan fingerprint density at radius 1 is 1.08 bits per heavy atom. The van der Waals surface area contributed by atoms with Gasteiger partial charge in [0.05, 0.1) is 16.5 Å². The number of rotatable bonds is 9. The second kappa shape index (κ2) is 12.2. The molecule has 4 aromatic rings. The molecule has 6 nitrogen and oxygen atoms in total. The number of thioether (sulfide) groups is 2. The van der Waals surface area contributed by atoms with Gasteiger partial charge in [0, 0.05) is 11.1 Å². The lowest BCUT2D eigenvalue weighted by molar-refractivity contribution is -0.115. The molecule has 0 bridgehead atoms. The summed E-state index contributed by atoms with van der Waals surface area (Å²) in [5, 5.41) is 21.8. The first kappa shape index (κ1) is 25.9. The zero-order chi connectivity index (χ0) is 25.5. The van der Waals surface area contributed by atoms with Crippen LogP contribution in [-0.2, 0) is 4.79 Å². The second-order valence-electron chi connectivity index (χ2n) is 7.89. The van der Waals surface area contributed by atoms with Gasteiger partial charge >= 0.3 is 0 Å². The lowest BCUT2D eigenvalue weighted by atomic mass is 9.98. The number of nitrogens with one attached hydrogen (secondary N) is 1. The van der Waals surface area contributed by atoms with Crippen molar-refractivity contribution in [3.8, 4) is 28.5 Å². The van der Waals surface area contributed by atoms with Crippen LogP contribution in [0.3, 0.4) is 0 Å². The third kappa shape index (κ3) is 6.13. The van der Waals surface area contributed by atoms with Crippen molar-refractivity contribution in [2.75, 3.05) is 11.1 Å². The Kier molecular flexibility index (Phi) is 8.75. The fraction of sp³-hybridized carbons (Fsp3) is 0.222. The molecular weight excluding hydrogens is 507 g/mol. The number of benzene rings is 2. The molecule has 0 saturated carbocycles. The molecule has 1 amide bonds. The van der Waals surface area contributed by atoms with Gasteiger partial charge in [-0.3, -0.25) is 10.1 Å². The van der Waals surface area contributed by atoms with E-state index in [1.165, 1.54) is 23.1 Å². The van der Waals surface area contributed by atoms with Crippen LogP contribution in [0.25, 0.3) is 22.4 Å². The molecular formula is C27H25N5OS3. The summed E-state index contributed by atoms with van der Waals surface area (Å²) in [5.74, 6) is 0.707. The summed E-state index contributed by atoms with van der Waals surface area (Å²) in [4.78, 5) is 18.0. The maximum atomic E-state index is 13.2.